The van der Waals surface area contributed by atoms with Crippen LogP contribution in [0.3, 0.4) is 0 Å². The number of nitrogens with one attached hydrogen (secondary N) is 1. The first kappa shape index (κ1) is 16.7. The Hall–Kier alpha value is -0.660. The molecule has 0 heterocycles. The Morgan fingerprint density at radius 2 is 1.57 bits per heavy atom. The second kappa shape index (κ2) is 8.10. The molecule has 0 aromatic heterocycles. The summed E-state index contributed by atoms with van der Waals surface area (Å²) in [5, 5.41) is 23.5. The molecule has 0 amide bonds. The molecule has 0 radical (unpaired) electrons. The van der Waals surface area contributed by atoms with Crippen LogP contribution < -0.4 is 5.32 Å². The number of halogens is 2. The van der Waals surface area contributed by atoms with E-state index in [-0.39, 0.29) is 12.6 Å². The van der Waals surface area contributed by atoms with Gasteiger partial charge in [-0.1, -0.05) is 35.9 Å². The molecule has 2 unspecified atom stereocenters. The first-order chi connectivity index (χ1) is 10.1. The van der Waals surface area contributed by atoms with Crippen molar-refractivity contribution in [3.8, 4) is 0 Å². The van der Waals surface area contributed by atoms with Crippen molar-refractivity contribution < 1.29 is 10.2 Å². The molecular formula is C16H17ClINO2. The Kier molecular flexibility index (Phi) is 6.44. The van der Waals surface area contributed by atoms with E-state index in [2.05, 4.69) is 27.9 Å². The monoisotopic (exact) mass is 417 g/mol. The van der Waals surface area contributed by atoms with Crippen LogP contribution in [-0.2, 0) is 0 Å². The van der Waals surface area contributed by atoms with E-state index in [0.717, 1.165) is 14.7 Å². The summed E-state index contributed by atoms with van der Waals surface area (Å²) in [6.07, 6.45) is -0.714. The van der Waals surface area contributed by atoms with Crippen LogP contribution in [0, 0.1) is 3.57 Å². The molecule has 2 atom stereocenters. The minimum Gasteiger partial charge on any atom is -0.395 e. The Bertz CT molecular complexity index is 559. The molecule has 0 saturated heterocycles. The maximum absolute atomic E-state index is 10.6. The van der Waals surface area contributed by atoms with E-state index >= 15 is 0 Å². The highest BCUT2D eigenvalue weighted by Crippen LogP contribution is 2.29. The van der Waals surface area contributed by atoms with Crippen LogP contribution in [-0.4, -0.2) is 23.4 Å². The predicted molar refractivity (Wildman–Crippen MR) is 93.4 cm³/mol. The fourth-order valence-electron chi connectivity index (χ4n) is 2.15. The lowest BCUT2D eigenvalue weighted by atomic mass is 9.96. The third-order valence-corrected chi connectivity index (χ3v) is 4.20. The van der Waals surface area contributed by atoms with Crippen LogP contribution in [0.4, 0.5) is 0 Å². The van der Waals surface area contributed by atoms with Gasteiger partial charge in [-0.3, -0.25) is 0 Å². The van der Waals surface area contributed by atoms with Crippen molar-refractivity contribution >= 4 is 34.2 Å². The highest BCUT2D eigenvalue weighted by atomic mass is 127. The smallest absolute Gasteiger partial charge is 0.0984 e. The lowest BCUT2D eigenvalue weighted by molar-refractivity contribution is 0.124. The Balaban J connectivity index is 2.26. The quantitative estimate of drug-likeness (QED) is 0.632. The fraction of sp³-hybridized carbons (Fsp3) is 0.250. The molecule has 2 aromatic rings. The number of rotatable bonds is 6. The van der Waals surface area contributed by atoms with Crippen LogP contribution in [0.2, 0.25) is 5.02 Å². The molecule has 2 rings (SSSR count). The van der Waals surface area contributed by atoms with Gasteiger partial charge in [0.05, 0.1) is 18.8 Å². The summed E-state index contributed by atoms with van der Waals surface area (Å²) in [4.78, 5) is 0. The van der Waals surface area contributed by atoms with Crippen LogP contribution in [0.25, 0.3) is 0 Å². The second-order valence-electron chi connectivity index (χ2n) is 4.70. The number of hydrogen-bond acceptors (Lipinski definition) is 3. The summed E-state index contributed by atoms with van der Waals surface area (Å²) >= 11 is 8.13. The van der Waals surface area contributed by atoms with Crippen molar-refractivity contribution in [1.29, 1.82) is 0 Å². The van der Waals surface area contributed by atoms with Gasteiger partial charge < -0.3 is 15.5 Å². The van der Waals surface area contributed by atoms with E-state index in [4.69, 9.17) is 16.7 Å². The number of hydrogen-bond donors (Lipinski definition) is 3. The maximum Gasteiger partial charge on any atom is 0.0984 e. The zero-order chi connectivity index (χ0) is 15.2. The summed E-state index contributed by atoms with van der Waals surface area (Å²) in [6.45, 7) is 0.440. The van der Waals surface area contributed by atoms with E-state index in [1.807, 2.05) is 36.4 Å². The number of aliphatic hydroxyl groups excluding tert-OH is 2. The number of aliphatic hydroxyl groups is 2. The van der Waals surface area contributed by atoms with Gasteiger partial charge in [0.1, 0.15) is 0 Å². The van der Waals surface area contributed by atoms with Gasteiger partial charge in [-0.05, 0) is 58.0 Å². The van der Waals surface area contributed by atoms with Crippen molar-refractivity contribution in [2.45, 2.75) is 12.1 Å². The van der Waals surface area contributed by atoms with E-state index in [9.17, 15) is 5.11 Å². The van der Waals surface area contributed by atoms with Crippen LogP contribution >= 0.6 is 34.2 Å². The second-order valence-corrected chi connectivity index (χ2v) is 6.39. The molecule has 0 aliphatic carbocycles. The Labute approximate surface area is 143 Å². The van der Waals surface area contributed by atoms with Crippen LogP contribution in [0.5, 0.6) is 0 Å². The molecule has 3 nitrogen and oxygen atoms in total. The SMILES string of the molecule is OCCNC(c1ccc(I)cc1)C(O)c1ccc(Cl)cc1. The molecule has 0 spiro atoms. The summed E-state index contributed by atoms with van der Waals surface area (Å²) in [5.41, 5.74) is 1.76. The molecule has 0 fully saturated rings. The first-order valence-electron chi connectivity index (χ1n) is 6.65. The molecule has 0 aliphatic heterocycles. The molecule has 2 aromatic carbocycles. The molecule has 112 valence electrons. The van der Waals surface area contributed by atoms with Gasteiger partial charge in [0.2, 0.25) is 0 Å². The fourth-order valence-corrected chi connectivity index (χ4v) is 2.64. The van der Waals surface area contributed by atoms with Crippen molar-refractivity contribution in [2.75, 3.05) is 13.2 Å². The van der Waals surface area contributed by atoms with Crippen molar-refractivity contribution in [2.24, 2.45) is 0 Å². The van der Waals surface area contributed by atoms with E-state index in [1.165, 1.54) is 0 Å². The van der Waals surface area contributed by atoms with E-state index < -0.39 is 6.10 Å². The van der Waals surface area contributed by atoms with E-state index in [0.29, 0.717) is 11.6 Å². The molecular weight excluding hydrogens is 401 g/mol. The largest absolute Gasteiger partial charge is 0.395 e. The number of benzene rings is 2. The third kappa shape index (κ3) is 4.66. The summed E-state index contributed by atoms with van der Waals surface area (Å²) in [7, 11) is 0. The van der Waals surface area contributed by atoms with Crippen molar-refractivity contribution in [1.82, 2.24) is 5.32 Å². The standard InChI is InChI=1S/C16H17ClINO2/c17-13-5-1-12(2-6-13)16(21)15(19-9-10-20)11-3-7-14(18)8-4-11/h1-8,15-16,19-21H,9-10H2. The predicted octanol–water partition coefficient (Wildman–Crippen LogP) is 3.30. The van der Waals surface area contributed by atoms with Crippen LogP contribution in [0.15, 0.2) is 48.5 Å². The third-order valence-electron chi connectivity index (χ3n) is 3.23. The summed E-state index contributed by atoms with van der Waals surface area (Å²) in [6, 6.07) is 14.8. The molecule has 0 saturated carbocycles. The average Bonchev–Trinajstić information content (AvgIpc) is 2.50. The zero-order valence-corrected chi connectivity index (χ0v) is 14.3. The normalized spacial score (nSPS) is 13.9. The summed E-state index contributed by atoms with van der Waals surface area (Å²) < 4.78 is 1.14. The topological polar surface area (TPSA) is 52.5 Å². The molecule has 0 bridgehead atoms. The van der Waals surface area contributed by atoms with Gasteiger partial charge in [0, 0.05) is 15.1 Å². The van der Waals surface area contributed by atoms with Gasteiger partial charge in [0.25, 0.3) is 0 Å². The average molecular weight is 418 g/mol. The van der Waals surface area contributed by atoms with Gasteiger partial charge in [-0.25, -0.2) is 0 Å². The van der Waals surface area contributed by atoms with Gasteiger partial charge in [-0.2, -0.15) is 0 Å². The maximum atomic E-state index is 10.6. The van der Waals surface area contributed by atoms with Gasteiger partial charge in [0.15, 0.2) is 0 Å². The zero-order valence-electron chi connectivity index (χ0n) is 11.3. The molecule has 0 aliphatic rings. The molecule has 3 N–H and O–H groups in total. The minimum absolute atomic E-state index is 0.0220. The molecule has 5 heteroatoms. The lowest BCUT2D eigenvalue weighted by Crippen LogP contribution is -2.29. The minimum atomic E-state index is -0.714. The van der Waals surface area contributed by atoms with Crippen LogP contribution in [0.1, 0.15) is 23.3 Å². The lowest BCUT2D eigenvalue weighted by Gasteiger charge is -2.25. The summed E-state index contributed by atoms with van der Waals surface area (Å²) in [5.74, 6) is 0. The molecule has 21 heavy (non-hydrogen) atoms. The van der Waals surface area contributed by atoms with Gasteiger partial charge in [-0.15, -0.1) is 0 Å². The first-order valence-corrected chi connectivity index (χ1v) is 8.10. The highest BCUT2D eigenvalue weighted by Gasteiger charge is 2.22. The Morgan fingerprint density at radius 1 is 1.00 bits per heavy atom. The van der Waals surface area contributed by atoms with Crippen molar-refractivity contribution in [3.63, 3.8) is 0 Å². The van der Waals surface area contributed by atoms with Gasteiger partial charge >= 0.3 is 0 Å². The highest BCUT2D eigenvalue weighted by molar-refractivity contribution is 14.1. The van der Waals surface area contributed by atoms with E-state index in [1.54, 1.807) is 12.1 Å². The Morgan fingerprint density at radius 3 is 2.14 bits per heavy atom. The van der Waals surface area contributed by atoms with Crippen molar-refractivity contribution in [3.05, 3.63) is 68.3 Å².